The van der Waals surface area contributed by atoms with Crippen LogP contribution in [0.5, 0.6) is 0 Å². The van der Waals surface area contributed by atoms with Gasteiger partial charge in [-0.15, -0.1) is 0 Å². The number of hydrogen-bond donors (Lipinski definition) is 1. The van der Waals surface area contributed by atoms with E-state index in [4.69, 9.17) is 0 Å². The van der Waals surface area contributed by atoms with E-state index < -0.39 is 5.82 Å². The van der Waals surface area contributed by atoms with Crippen molar-refractivity contribution in [2.24, 2.45) is 11.8 Å². The van der Waals surface area contributed by atoms with E-state index >= 15 is 0 Å². The van der Waals surface area contributed by atoms with Crippen LogP contribution in [0.15, 0.2) is 47.3 Å². The number of fused-ring (bicyclic) bond motifs is 2. The molecule has 10 nitrogen and oxygen atoms in total. The van der Waals surface area contributed by atoms with E-state index in [1.165, 1.54) is 6.07 Å². The number of likely N-dealkylation sites (N-methyl/N-ethyl adjacent to an activating group) is 1. The maximum atomic E-state index is 15.0. The molecule has 4 fully saturated rings. The number of hydrogen-bond acceptors (Lipinski definition) is 6. The number of amides is 3. The van der Waals surface area contributed by atoms with Gasteiger partial charge in [0.05, 0.1) is 16.6 Å². The van der Waals surface area contributed by atoms with E-state index in [1.807, 2.05) is 21.9 Å². The Morgan fingerprint density at radius 1 is 0.864 bits per heavy atom. The molecule has 2 atom stereocenters. The molecule has 7 rings (SSSR count). The summed E-state index contributed by atoms with van der Waals surface area (Å²) in [7, 11) is 2.17. The van der Waals surface area contributed by atoms with Crippen LogP contribution in [0.2, 0.25) is 0 Å². The van der Waals surface area contributed by atoms with Crippen LogP contribution in [0.3, 0.4) is 0 Å². The molecule has 0 saturated carbocycles. The lowest BCUT2D eigenvalue weighted by molar-refractivity contribution is 0.0686. The van der Waals surface area contributed by atoms with Crippen LogP contribution >= 0.6 is 0 Å². The number of carbonyl (C=O) groups is 2. The van der Waals surface area contributed by atoms with Gasteiger partial charge in [-0.05, 0) is 43.7 Å². The van der Waals surface area contributed by atoms with Gasteiger partial charge in [0.1, 0.15) is 5.82 Å². The zero-order chi connectivity index (χ0) is 30.4. The fraction of sp³-hybridized carbons (Fsp3) is 0.515. The summed E-state index contributed by atoms with van der Waals surface area (Å²) in [5.41, 5.74) is 1.19. The van der Waals surface area contributed by atoms with Gasteiger partial charge in [0.15, 0.2) is 0 Å². The Kier molecular flexibility index (Phi) is 7.84. The SMILES string of the molecule is CN1CCN(C2CCN(C(=O)N3CC4CN(C(=O)c5cc(Cc6n[nH]c(=O)c7ccccc67)ccc5F)CC4C3)CC2)CC1. The summed E-state index contributed by atoms with van der Waals surface area (Å²) in [5, 5.41) is 8.05. The number of carbonyl (C=O) groups excluding carboxylic acids is 2. The molecule has 1 N–H and O–H groups in total. The molecular formula is C33H40FN7O3. The smallest absolute Gasteiger partial charge is 0.320 e. The summed E-state index contributed by atoms with van der Waals surface area (Å²) in [5.74, 6) is -0.462. The monoisotopic (exact) mass is 601 g/mol. The molecule has 3 aromatic rings. The van der Waals surface area contributed by atoms with Gasteiger partial charge in [-0.3, -0.25) is 14.5 Å². The lowest BCUT2D eigenvalue weighted by Gasteiger charge is -2.42. The van der Waals surface area contributed by atoms with Crippen LogP contribution in [0, 0.1) is 17.7 Å². The minimum Gasteiger partial charge on any atom is -0.338 e. The van der Waals surface area contributed by atoms with Crippen molar-refractivity contribution in [2.45, 2.75) is 25.3 Å². The Morgan fingerprint density at radius 2 is 1.52 bits per heavy atom. The highest BCUT2D eigenvalue weighted by Crippen LogP contribution is 2.33. The molecule has 232 valence electrons. The molecule has 3 amide bonds. The Bertz CT molecular complexity index is 1600. The Morgan fingerprint density at radius 3 is 2.23 bits per heavy atom. The number of H-pyrrole nitrogens is 1. The van der Waals surface area contributed by atoms with Gasteiger partial charge >= 0.3 is 6.03 Å². The number of rotatable bonds is 4. The minimum absolute atomic E-state index is 0.0485. The van der Waals surface area contributed by atoms with Gasteiger partial charge < -0.3 is 19.6 Å². The van der Waals surface area contributed by atoms with Crippen molar-refractivity contribution in [2.75, 3.05) is 72.5 Å². The topological polar surface area (TPSA) is 96.1 Å². The predicted molar refractivity (Wildman–Crippen MR) is 165 cm³/mol. The second-order valence-corrected chi connectivity index (χ2v) is 13.0. The van der Waals surface area contributed by atoms with Crippen LogP contribution in [0.4, 0.5) is 9.18 Å². The van der Waals surface area contributed by atoms with Gasteiger partial charge in [0.25, 0.3) is 11.5 Å². The summed E-state index contributed by atoms with van der Waals surface area (Å²) in [6.45, 7) is 8.35. The maximum absolute atomic E-state index is 15.0. The van der Waals surface area contributed by atoms with E-state index in [9.17, 15) is 18.8 Å². The molecule has 0 aliphatic carbocycles. The minimum atomic E-state index is -0.549. The van der Waals surface area contributed by atoms with Crippen LogP contribution in [-0.2, 0) is 6.42 Å². The molecule has 2 unspecified atom stereocenters. The van der Waals surface area contributed by atoms with Gasteiger partial charge in [0, 0.05) is 95.1 Å². The molecule has 44 heavy (non-hydrogen) atoms. The number of nitrogens with one attached hydrogen (secondary N) is 1. The number of aromatic amines is 1. The molecule has 5 heterocycles. The molecule has 4 saturated heterocycles. The molecular weight excluding hydrogens is 561 g/mol. The first-order valence-corrected chi connectivity index (χ1v) is 15.8. The quantitative estimate of drug-likeness (QED) is 0.494. The third-order valence-corrected chi connectivity index (χ3v) is 10.2. The normalized spacial score (nSPS) is 23.5. The molecule has 0 spiro atoms. The van der Waals surface area contributed by atoms with Crippen molar-refractivity contribution >= 4 is 22.7 Å². The van der Waals surface area contributed by atoms with Crippen molar-refractivity contribution in [1.82, 2.24) is 34.7 Å². The third kappa shape index (κ3) is 5.59. The van der Waals surface area contributed by atoms with Crippen LogP contribution in [-0.4, -0.2) is 125 Å². The highest BCUT2D eigenvalue weighted by molar-refractivity contribution is 5.95. The number of halogens is 1. The van der Waals surface area contributed by atoms with Gasteiger partial charge in [-0.2, -0.15) is 5.10 Å². The lowest BCUT2D eigenvalue weighted by atomic mass is 10.0. The molecule has 11 heteroatoms. The van der Waals surface area contributed by atoms with Crippen molar-refractivity contribution in [3.05, 3.63) is 75.5 Å². The van der Waals surface area contributed by atoms with Gasteiger partial charge in [-0.25, -0.2) is 14.3 Å². The zero-order valence-corrected chi connectivity index (χ0v) is 25.3. The fourth-order valence-electron chi connectivity index (χ4n) is 7.64. The molecule has 1 aromatic heterocycles. The average molecular weight is 602 g/mol. The number of aromatic nitrogens is 2. The van der Waals surface area contributed by atoms with E-state index in [0.29, 0.717) is 49.7 Å². The number of piperidine rings is 1. The number of nitrogens with zero attached hydrogens (tertiary/aromatic N) is 6. The first kappa shape index (κ1) is 28.9. The summed E-state index contributed by atoms with van der Waals surface area (Å²) in [4.78, 5) is 49.8. The first-order chi connectivity index (χ1) is 21.3. The second-order valence-electron chi connectivity index (χ2n) is 13.0. The molecule has 0 radical (unpaired) electrons. The van der Waals surface area contributed by atoms with Crippen molar-refractivity contribution in [3.8, 4) is 0 Å². The van der Waals surface area contributed by atoms with Crippen molar-refractivity contribution < 1.29 is 14.0 Å². The van der Waals surface area contributed by atoms with Gasteiger partial charge in [-0.1, -0.05) is 24.3 Å². The maximum Gasteiger partial charge on any atom is 0.320 e. The first-order valence-electron chi connectivity index (χ1n) is 15.8. The third-order valence-electron chi connectivity index (χ3n) is 10.2. The van der Waals surface area contributed by atoms with E-state index in [0.717, 1.165) is 63.1 Å². The number of benzene rings is 2. The van der Waals surface area contributed by atoms with Crippen LogP contribution in [0.1, 0.15) is 34.5 Å². The fourth-order valence-corrected chi connectivity index (χ4v) is 7.64. The Hall–Kier alpha value is -3.83. The highest BCUT2D eigenvalue weighted by Gasteiger charge is 2.44. The highest BCUT2D eigenvalue weighted by atomic mass is 19.1. The van der Waals surface area contributed by atoms with Crippen LogP contribution in [0.25, 0.3) is 10.8 Å². The number of likely N-dealkylation sites (tertiary alicyclic amines) is 3. The molecule has 4 aliphatic heterocycles. The van der Waals surface area contributed by atoms with E-state index in [-0.39, 0.29) is 34.9 Å². The molecule has 0 bridgehead atoms. The number of piperazine rings is 1. The summed E-state index contributed by atoms with van der Waals surface area (Å²) in [6, 6.07) is 12.5. The standard InChI is InChI=1S/C33H40FN7O3/c1-37-12-14-38(15-13-37)25-8-10-39(11-9-25)33(44)41-20-23-18-40(19-24(23)21-41)32(43)28-16-22(6-7-29(28)34)17-30-26-4-2-3-5-27(26)31(42)36-35-30/h2-7,16,23-25H,8-15,17-21H2,1H3,(H,36,42). The summed E-state index contributed by atoms with van der Waals surface area (Å²) >= 11 is 0. The summed E-state index contributed by atoms with van der Waals surface area (Å²) in [6.07, 6.45) is 2.40. The Balaban J connectivity index is 0.952. The predicted octanol–water partition coefficient (Wildman–Crippen LogP) is 2.49. The molecule has 4 aliphatic rings. The van der Waals surface area contributed by atoms with E-state index in [2.05, 4.69) is 27.0 Å². The van der Waals surface area contributed by atoms with Crippen LogP contribution < -0.4 is 5.56 Å². The van der Waals surface area contributed by atoms with Crippen molar-refractivity contribution in [3.63, 3.8) is 0 Å². The van der Waals surface area contributed by atoms with Gasteiger partial charge in [0.2, 0.25) is 0 Å². The molecule has 2 aromatic carbocycles. The average Bonchev–Trinajstić information content (AvgIpc) is 3.63. The largest absolute Gasteiger partial charge is 0.338 e. The number of urea groups is 1. The van der Waals surface area contributed by atoms with E-state index in [1.54, 1.807) is 29.2 Å². The Labute approximate surface area is 256 Å². The zero-order valence-electron chi connectivity index (χ0n) is 25.3. The van der Waals surface area contributed by atoms with Crippen molar-refractivity contribution in [1.29, 1.82) is 0 Å². The second kappa shape index (κ2) is 11.9. The lowest BCUT2D eigenvalue weighted by Crippen LogP contribution is -2.54. The summed E-state index contributed by atoms with van der Waals surface area (Å²) < 4.78 is 15.0.